The number of amides is 2. The van der Waals surface area contributed by atoms with Crippen LogP contribution in [0.4, 0.5) is 5.69 Å². The zero-order valence-corrected chi connectivity index (χ0v) is 18.4. The van der Waals surface area contributed by atoms with E-state index in [-0.39, 0.29) is 23.6 Å². The molecule has 4 rings (SSSR count). The van der Waals surface area contributed by atoms with Crippen LogP contribution < -0.4 is 14.8 Å². The molecule has 2 amide bonds. The van der Waals surface area contributed by atoms with Gasteiger partial charge in [-0.15, -0.1) is 0 Å². The minimum Gasteiger partial charge on any atom is -0.493 e. The van der Waals surface area contributed by atoms with Crippen LogP contribution in [0.1, 0.15) is 50.9 Å². The molecule has 1 saturated heterocycles. The summed E-state index contributed by atoms with van der Waals surface area (Å²) in [7, 11) is 3.20. The highest BCUT2D eigenvalue weighted by atomic mass is 16.5. The monoisotopic (exact) mass is 434 g/mol. The predicted molar refractivity (Wildman–Crippen MR) is 120 cm³/mol. The summed E-state index contributed by atoms with van der Waals surface area (Å²) in [4.78, 5) is 27.7. The molecule has 1 N–H and O–H groups in total. The Bertz CT molecular complexity index is 1120. The summed E-state index contributed by atoms with van der Waals surface area (Å²) in [6.45, 7) is 2.55. The molecule has 0 bridgehead atoms. The minimum atomic E-state index is -0.355. The highest BCUT2D eigenvalue weighted by Gasteiger charge is 2.31. The molecule has 1 aliphatic heterocycles. The number of anilines is 1. The average molecular weight is 434 g/mol. The van der Waals surface area contributed by atoms with Crippen LogP contribution in [0.3, 0.4) is 0 Å². The third-order valence-electron chi connectivity index (χ3n) is 5.78. The standard InChI is InChI=1S/C25H26N2O5/c1-16-8-9-18(14-19(16)26-24(28)22-7-5-13-32-22)25(29)27-12-4-6-20(27)17-10-11-21(30-2)23(15-17)31-3/h5,7-11,13-15,20H,4,6,12H2,1-3H3,(H,26,28). The summed E-state index contributed by atoms with van der Waals surface area (Å²) in [5, 5.41) is 2.84. The Labute approximate surface area is 186 Å². The highest BCUT2D eigenvalue weighted by Crippen LogP contribution is 2.37. The van der Waals surface area contributed by atoms with Crippen molar-refractivity contribution in [2.24, 2.45) is 0 Å². The van der Waals surface area contributed by atoms with Gasteiger partial charge in [-0.25, -0.2) is 0 Å². The number of rotatable bonds is 6. The zero-order chi connectivity index (χ0) is 22.7. The molecule has 1 fully saturated rings. The predicted octanol–water partition coefficient (Wildman–Crippen LogP) is 4.83. The van der Waals surface area contributed by atoms with E-state index < -0.39 is 0 Å². The molecule has 0 radical (unpaired) electrons. The molecule has 0 aliphatic carbocycles. The SMILES string of the molecule is COc1ccc(C2CCCN2C(=O)c2ccc(C)c(NC(=O)c3ccco3)c2)cc1OC. The highest BCUT2D eigenvalue weighted by molar-refractivity contribution is 6.04. The van der Waals surface area contributed by atoms with Crippen LogP contribution in [0.2, 0.25) is 0 Å². The van der Waals surface area contributed by atoms with Crippen molar-refractivity contribution in [3.05, 3.63) is 77.2 Å². The van der Waals surface area contributed by atoms with Crippen LogP contribution in [0, 0.1) is 6.92 Å². The number of hydrogen-bond acceptors (Lipinski definition) is 5. The number of nitrogens with zero attached hydrogens (tertiary/aromatic N) is 1. The van der Waals surface area contributed by atoms with Gasteiger partial charge in [0.15, 0.2) is 17.3 Å². The van der Waals surface area contributed by atoms with Gasteiger partial charge in [0, 0.05) is 17.8 Å². The van der Waals surface area contributed by atoms with Gasteiger partial charge in [-0.05, 0) is 67.3 Å². The molecular formula is C25H26N2O5. The average Bonchev–Trinajstić information content (AvgIpc) is 3.52. The van der Waals surface area contributed by atoms with Gasteiger partial charge in [-0.3, -0.25) is 9.59 Å². The summed E-state index contributed by atoms with van der Waals surface area (Å²) >= 11 is 0. The van der Waals surface area contributed by atoms with Gasteiger partial charge in [-0.2, -0.15) is 0 Å². The summed E-state index contributed by atoms with van der Waals surface area (Å²) in [6.07, 6.45) is 3.23. The van der Waals surface area contributed by atoms with E-state index in [2.05, 4.69) is 5.32 Å². The summed E-state index contributed by atoms with van der Waals surface area (Å²) < 4.78 is 15.9. The fraction of sp³-hybridized carbons (Fsp3) is 0.280. The molecule has 0 saturated carbocycles. The molecule has 32 heavy (non-hydrogen) atoms. The van der Waals surface area contributed by atoms with E-state index in [0.29, 0.717) is 29.3 Å². The Balaban J connectivity index is 1.57. The first-order valence-electron chi connectivity index (χ1n) is 10.5. The number of furan rings is 1. The lowest BCUT2D eigenvalue weighted by Gasteiger charge is -2.26. The van der Waals surface area contributed by atoms with Crippen LogP contribution in [-0.2, 0) is 0 Å². The second-order valence-corrected chi connectivity index (χ2v) is 7.73. The molecule has 166 valence electrons. The molecule has 1 aliphatic rings. The van der Waals surface area contributed by atoms with Crippen LogP contribution >= 0.6 is 0 Å². The van der Waals surface area contributed by atoms with Gasteiger partial charge < -0.3 is 24.1 Å². The van der Waals surface area contributed by atoms with Crippen molar-refractivity contribution in [3.8, 4) is 11.5 Å². The quantitative estimate of drug-likeness (QED) is 0.601. The third kappa shape index (κ3) is 4.19. The Kier molecular flexibility index (Phi) is 6.16. The summed E-state index contributed by atoms with van der Waals surface area (Å²) in [6, 6.07) is 14.3. The largest absolute Gasteiger partial charge is 0.493 e. The number of nitrogens with one attached hydrogen (secondary N) is 1. The molecule has 1 aromatic heterocycles. The fourth-order valence-electron chi connectivity index (χ4n) is 4.06. The van der Waals surface area contributed by atoms with Gasteiger partial charge in [0.2, 0.25) is 0 Å². The van der Waals surface area contributed by atoms with Crippen molar-refractivity contribution >= 4 is 17.5 Å². The van der Waals surface area contributed by atoms with Crippen molar-refractivity contribution in [2.75, 3.05) is 26.1 Å². The Hall–Kier alpha value is -3.74. The van der Waals surface area contributed by atoms with E-state index in [4.69, 9.17) is 13.9 Å². The van der Waals surface area contributed by atoms with E-state index in [1.807, 2.05) is 36.1 Å². The molecule has 1 unspecified atom stereocenters. The number of ether oxygens (including phenoxy) is 2. The number of hydrogen-bond donors (Lipinski definition) is 1. The smallest absolute Gasteiger partial charge is 0.291 e. The zero-order valence-electron chi connectivity index (χ0n) is 18.4. The number of aryl methyl sites for hydroxylation is 1. The third-order valence-corrected chi connectivity index (χ3v) is 5.78. The number of carbonyl (C=O) groups is 2. The van der Waals surface area contributed by atoms with Crippen molar-refractivity contribution in [3.63, 3.8) is 0 Å². The molecule has 0 spiro atoms. The normalized spacial score (nSPS) is 15.5. The lowest BCUT2D eigenvalue weighted by Crippen LogP contribution is -2.30. The van der Waals surface area contributed by atoms with E-state index in [9.17, 15) is 9.59 Å². The lowest BCUT2D eigenvalue weighted by molar-refractivity contribution is 0.0735. The van der Waals surface area contributed by atoms with Gasteiger partial charge in [-0.1, -0.05) is 12.1 Å². The van der Waals surface area contributed by atoms with E-state index in [1.165, 1.54) is 6.26 Å². The minimum absolute atomic E-state index is 0.0511. The molecule has 7 heteroatoms. The van der Waals surface area contributed by atoms with Crippen molar-refractivity contribution in [1.82, 2.24) is 4.90 Å². The number of benzene rings is 2. The number of likely N-dealkylation sites (tertiary alicyclic amines) is 1. The van der Waals surface area contributed by atoms with Gasteiger partial charge >= 0.3 is 0 Å². The first-order chi connectivity index (χ1) is 15.5. The van der Waals surface area contributed by atoms with E-state index in [0.717, 1.165) is 24.0 Å². The van der Waals surface area contributed by atoms with Gasteiger partial charge in [0.1, 0.15) is 0 Å². The summed E-state index contributed by atoms with van der Waals surface area (Å²) in [5.74, 6) is 1.09. The van der Waals surface area contributed by atoms with Crippen molar-refractivity contribution < 1.29 is 23.5 Å². The van der Waals surface area contributed by atoms with Gasteiger partial charge in [0.25, 0.3) is 11.8 Å². The fourth-order valence-corrected chi connectivity index (χ4v) is 4.06. The maximum atomic E-state index is 13.4. The Morgan fingerprint density at radius 2 is 1.88 bits per heavy atom. The molecular weight excluding hydrogens is 408 g/mol. The first kappa shape index (κ1) is 21.5. The van der Waals surface area contributed by atoms with Gasteiger partial charge in [0.05, 0.1) is 26.5 Å². The van der Waals surface area contributed by atoms with Crippen molar-refractivity contribution in [1.29, 1.82) is 0 Å². The van der Waals surface area contributed by atoms with Crippen LogP contribution in [-0.4, -0.2) is 37.5 Å². The first-order valence-corrected chi connectivity index (χ1v) is 10.5. The second-order valence-electron chi connectivity index (χ2n) is 7.73. The number of carbonyl (C=O) groups excluding carboxylic acids is 2. The summed E-state index contributed by atoms with van der Waals surface area (Å²) in [5.41, 5.74) is 2.98. The van der Waals surface area contributed by atoms with E-state index >= 15 is 0 Å². The molecule has 3 aromatic rings. The maximum Gasteiger partial charge on any atom is 0.291 e. The Morgan fingerprint density at radius 3 is 2.59 bits per heavy atom. The Morgan fingerprint density at radius 1 is 1.06 bits per heavy atom. The van der Waals surface area contributed by atoms with Crippen LogP contribution in [0.15, 0.2) is 59.2 Å². The lowest BCUT2D eigenvalue weighted by atomic mass is 10.0. The van der Waals surface area contributed by atoms with E-state index in [1.54, 1.807) is 38.5 Å². The second kappa shape index (κ2) is 9.18. The van der Waals surface area contributed by atoms with Crippen LogP contribution in [0.5, 0.6) is 11.5 Å². The molecule has 2 aromatic carbocycles. The molecule has 7 nitrogen and oxygen atoms in total. The molecule has 1 atom stereocenters. The van der Waals surface area contributed by atoms with Crippen LogP contribution in [0.25, 0.3) is 0 Å². The van der Waals surface area contributed by atoms with Crippen molar-refractivity contribution in [2.45, 2.75) is 25.8 Å². The maximum absolute atomic E-state index is 13.4. The topological polar surface area (TPSA) is 81.0 Å². The number of methoxy groups -OCH3 is 2. The molecule has 2 heterocycles.